The van der Waals surface area contributed by atoms with Gasteiger partial charge in [-0.1, -0.05) is 41.1 Å². The molecule has 4 aromatic rings. The third-order valence-corrected chi connectivity index (χ3v) is 4.36. The fraction of sp³-hybridized carbons (Fsp3) is 0.200. The van der Waals surface area contributed by atoms with E-state index in [1.807, 2.05) is 25.1 Å². The average molecular weight is 345 g/mol. The van der Waals surface area contributed by atoms with Crippen molar-refractivity contribution in [2.24, 2.45) is 0 Å². The Hall–Kier alpha value is -3.28. The summed E-state index contributed by atoms with van der Waals surface area (Å²) in [5.74, 6) is 0.705. The Kier molecular flexibility index (Phi) is 4.31. The maximum absolute atomic E-state index is 5.25. The third kappa shape index (κ3) is 3.26. The maximum Gasteiger partial charge on any atom is 0.263 e. The Morgan fingerprint density at radius 2 is 1.85 bits per heavy atom. The van der Waals surface area contributed by atoms with Crippen molar-refractivity contribution in [3.63, 3.8) is 0 Å². The first kappa shape index (κ1) is 16.2. The van der Waals surface area contributed by atoms with Gasteiger partial charge in [-0.15, -0.1) is 0 Å². The summed E-state index contributed by atoms with van der Waals surface area (Å²) in [6.45, 7) is 3.97. The van der Waals surface area contributed by atoms with Crippen LogP contribution < -0.4 is 5.32 Å². The van der Waals surface area contributed by atoms with Crippen molar-refractivity contribution in [3.8, 4) is 0 Å². The number of hydrogen-bond donors (Lipinski definition) is 1. The number of rotatable bonds is 5. The number of anilines is 1. The molecule has 3 heterocycles. The van der Waals surface area contributed by atoms with E-state index in [0.29, 0.717) is 11.5 Å². The molecule has 0 bridgehead atoms. The van der Waals surface area contributed by atoms with Crippen molar-refractivity contribution in [2.45, 2.75) is 26.3 Å². The summed E-state index contributed by atoms with van der Waals surface area (Å²) in [5, 5.41) is 8.31. The number of hydrogen-bond acceptors (Lipinski definition) is 6. The summed E-state index contributed by atoms with van der Waals surface area (Å²) in [6, 6.07) is 14.4. The number of aromatic nitrogens is 4. The maximum atomic E-state index is 5.25. The molecule has 130 valence electrons. The minimum atomic E-state index is -0.0358. The quantitative estimate of drug-likeness (QED) is 0.588. The van der Waals surface area contributed by atoms with Gasteiger partial charge in [0, 0.05) is 6.20 Å². The van der Waals surface area contributed by atoms with Crippen LogP contribution in [0.5, 0.6) is 0 Å². The summed E-state index contributed by atoms with van der Waals surface area (Å²) in [5.41, 5.74) is 4.67. The van der Waals surface area contributed by atoms with E-state index in [0.717, 1.165) is 23.2 Å². The molecule has 3 aromatic heterocycles. The molecule has 26 heavy (non-hydrogen) atoms. The first-order chi connectivity index (χ1) is 12.7. The normalized spacial score (nSPS) is 12.2. The van der Waals surface area contributed by atoms with Crippen molar-refractivity contribution in [1.29, 1.82) is 0 Å². The molecule has 6 heteroatoms. The van der Waals surface area contributed by atoms with Crippen molar-refractivity contribution in [3.05, 3.63) is 77.5 Å². The molecule has 0 radical (unpaired) electrons. The number of aryl methyl sites for hydroxylation is 2. The highest BCUT2D eigenvalue weighted by atomic mass is 16.5. The topological polar surface area (TPSA) is 76.7 Å². The van der Waals surface area contributed by atoms with E-state index < -0.39 is 0 Å². The Balaban J connectivity index is 1.70. The van der Waals surface area contributed by atoms with E-state index in [4.69, 9.17) is 4.52 Å². The highest BCUT2D eigenvalue weighted by Gasteiger charge is 2.18. The number of nitrogens with one attached hydrogen (secondary N) is 1. The van der Waals surface area contributed by atoms with E-state index in [9.17, 15) is 0 Å². The zero-order valence-corrected chi connectivity index (χ0v) is 14.7. The molecule has 4 rings (SSSR count). The number of fused-ring (bicyclic) bond motifs is 1. The van der Waals surface area contributed by atoms with Gasteiger partial charge in [0.25, 0.3) is 5.71 Å². The fourth-order valence-electron chi connectivity index (χ4n) is 2.97. The molecule has 0 spiro atoms. The monoisotopic (exact) mass is 345 g/mol. The standard InChI is InChI=1S/C20H19N5O/c1-13-6-8-15(9-7-13)11-17(16-5-3-4-10-21-16)24-19-18-14(2)25-26-20(18)23-12-22-19/h3-10,12,17H,11H2,1-2H3,(H,22,23,24)/t17-/m0/s1. The first-order valence-electron chi connectivity index (χ1n) is 8.50. The van der Waals surface area contributed by atoms with Gasteiger partial charge in [-0.05, 0) is 38.0 Å². The summed E-state index contributed by atoms with van der Waals surface area (Å²) >= 11 is 0. The van der Waals surface area contributed by atoms with Gasteiger partial charge in [0.15, 0.2) is 0 Å². The van der Waals surface area contributed by atoms with Crippen molar-refractivity contribution >= 4 is 16.9 Å². The third-order valence-electron chi connectivity index (χ3n) is 4.36. The van der Waals surface area contributed by atoms with Crippen LogP contribution in [0.25, 0.3) is 11.1 Å². The molecule has 0 amide bonds. The smallest absolute Gasteiger partial charge is 0.263 e. The highest BCUT2D eigenvalue weighted by molar-refractivity contribution is 5.87. The molecule has 0 aliphatic rings. The Labute approximate surface area is 151 Å². The predicted molar refractivity (Wildman–Crippen MR) is 99.8 cm³/mol. The molecule has 1 N–H and O–H groups in total. The number of nitrogens with zero attached hydrogens (tertiary/aromatic N) is 4. The van der Waals surface area contributed by atoms with E-state index in [2.05, 4.69) is 56.6 Å². The molecule has 0 aliphatic heterocycles. The molecular formula is C20H19N5O. The van der Waals surface area contributed by atoms with Crippen LogP contribution in [0.15, 0.2) is 59.5 Å². The molecule has 6 nitrogen and oxygen atoms in total. The summed E-state index contributed by atoms with van der Waals surface area (Å²) in [4.78, 5) is 13.1. The van der Waals surface area contributed by atoms with Crippen LogP contribution in [-0.4, -0.2) is 20.1 Å². The predicted octanol–water partition coefficient (Wildman–Crippen LogP) is 4.03. The van der Waals surface area contributed by atoms with Gasteiger partial charge in [0.05, 0.1) is 17.4 Å². The second-order valence-electron chi connectivity index (χ2n) is 6.31. The van der Waals surface area contributed by atoms with Gasteiger partial charge < -0.3 is 9.84 Å². The fourth-order valence-corrected chi connectivity index (χ4v) is 2.97. The lowest BCUT2D eigenvalue weighted by atomic mass is 10.0. The Morgan fingerprint density at radius 1 is 1.00 bits per heavy atom. The summed E-state index contributed by atoms with van der Waals surface area (Å²) in [7, 11) is 0. The SMILES string of the molecule is Cc1ccc(C[C@H](Nc2ncnc3onc(C)c23)c2ccccn2)cc1. The molecule has 0 saturated carbocycles. The van der Waals surface area contributed by atoms with Crippen LogP contribution >= 0.6 is 0 Å². The van der Waals surface area contributed by atoms with Crippen molar-refractivity contribution in [1.82, 2.24) is 20.1 Å². The van der Waals surface area contributed by atoms with Crippen LogP contribution in [0.3, 0.4) is 0 Å². The zero-order chi connectivity index (χ0) is 17.9. The van der Waals surface area contributed by atoms with Gasteiger partial charge in [0.1, 0.15) is 17.5 Å². The van der Waals surface area contributed by atoms with Gasteiger partial charge in [-0.3, -0.25) is 4.98 Å². The molecule has 1 atom stereocenters. The van der Waals surface area contributed by atoms with Crippen LogP contribution in [0, 0.1) is 13.8 Å². The lowest BCUT2D eigenvalue weighted by molar-refractivity contribution is 0.442. The van der Waals surface area contributed by atoms with Gasteiger partial charge in [-0.25, -0.2) is 4.98 Å². The molecule has 0 saturated heterocycles. The molecule has 0 fully saturated rings. The molecule has 0 aliphatic carbocycles. The van der Waals surface area contributed by atoms with Crippen LogP contribution in [-0.2, 0) is 6.42 Å². The van der Waals surface area contributed by atoms with E-state index in [1.165, 1.54) is 17.5 Å². The molecular weight excluding hydrogens is 326 g/mol. The minimum absolute atomic E-state index is 0.0358. The van der Waals surface area contributed by atoms with Crippen LogP contribution in [0.2, 0.25) is 0 Å². The zero-order valence-electron chi connectivity index (χ0n) is 14.7. The lowest BCUT2D eigenvalue weighted by Gasteiger charge is -2.19. The Morgan fingerprint density at radius 3 is 2.62 bits per heavy atom. The van der Waals surface area contributed by atoms with E-state index in [-0.39, 0.29) is 6.04 Å². The van der Waals surface area contributed by atoms with Gasteiger partial charge >= 0.3 is 0 Å². The molecule has 0 unspecified atom stereocenters. The van der Waals surface area contributed by atoms with Crippen LogP contribution in [0.1, 0.15) is 28.6 Å². The summed E-state index contributed by atoms with van der Waals surface area (Å²) in [6.07, 6.45) is 4.07. The Bertz CT molecular complexity index is 1010. The highest BCUT2D eigenvalue weighted by Crippen LogP contribution is 2.27. The van der Waals surface area contributed by atoms with E-state index in [1.54, 1.807) is 6.20 Å². The minimum Gasteiger partial charge on any atom is -0.361 e. The van der Waals surface area contributed by atoms with Crippen LogP contribution in [0.4, 0.5) is 5.82 Å². The van der Waals surface area contributed by atoms with Crippen molar-refractivity contribution < 1.29 is 4.52 Å². The lowest BCUT2D eigenvalue weighted by Crippen LogP contribution is -2.16. The van der Waals surface area contributed by atoms with Gasteiger partial charge in [-0.2, -0.15) is 4.98 Å². The summed E-state index contributed by atoms with van der Waals surface area (Å²) < 4.78 is 5.25. The second-order valence-corrected chi connectivity index (χ2v) is 6.31. The average Bonchev–Trinajstić information content (AvgIpc) is 3.06. The molecule has 1 aromatic carbocycles. The second kappa shape index (κ2) is 6.92. The number of benzene rings is 1. The first-order valence-corrected chi connectivity index (χ1v) is 8.50. The van der Waals surface area contributed by atoms with Crippen molar-refractivity contribution in [2.75, 3.05) is 5.32 Å². The van der Waals surface area contributed by atoms with Gasteiger partial charge in [0.2, 0.25) is 0 Å². The largest absolute Gasteiger partial charge is 0.361 e. The van der Waals surface area contributed by atoms with E-state index >= 15 is 0 Å². The number of pyridine rings is 1.